The number of hydrogen-bond acceptors (Lipinski definition) is 5. The third kappa shape index (κ3) is 2.50. The van der Waals surface area contributed by atoms with E-state index >= 15 is 0 Å². The first-order valence-corrected chi connectivity index (χ1v) is 9.16. The third-order valence-electron chi connectivity index (χ3n) is 5.38. The number of amides is 1. The molecule has 2 aliphatic rings. The van der Waals surface area contributed by atoms with Gasteiger partial charge in [0, 0.05) is 12.7 Å². The Labute approximate surface area is 156 Å². The van der Waals surface area contributed by atoms with Crippen LogP contribution in [0.4, 0.5) is 0 Å². The van der Waals surface area contributed by atoms with Crippen LogP contribution >= 0.6 is 0 Å². The Morgan fingerprint density at radius 1 is 1.19 bits per heavy atom. The molecular weight excluding hydrogens is 342 g/mol. The summed E-state index contributed by atoms with van der Waals surface area (Å²) in [4.78, 5) is 21.0. The Balaban J connectivity index is 1.60. The summed E-state index contributed by atoms with van der Waals surface area (Å²) in [5.41, 5.74) is 5.88. The van der Waals surface area contributed by atoms with Crippen LogP contribution in [0.5, 0.6) is 5.75 Å². The van der Waals surface area contributed by atoms with Crippen LogP contribution in [0, 0.1) is 6.92 Å². The summed E-state index contributed by atoms with van der Waals surface area (Å²) in [6.45, 7) is 3.28. The van der Waals surface area contributed by atoms with E-state index in [2.05, 4.69) is 27.3 Å². The molecule has 0 radical (unpaired) electrons. The van der Waals surface area contributed by atoms with Crippen molar-refractivity contribution in [2.75, 3.05) is 6.54 Å². The van der Waals surface area contributed by atoms with Gasteiger partial charge >= 0.3 is 0 Å². The lowest BCUT2D eigenvalue weighted by Crippen LogP contribution is -2.35. The first-order valence-electron chi connectivity index (χ1n) is 9.16. The van der Waals surface area contributed by atoms with E-state index in [1.807, 2.05) is 6.07 Å². The molecule has 3 aromatic rings. The van der Waals surface area contributed by atoms with Gasteiger partial charge in [0.05, 0.1) is 17.8 Å². The smallest absolute Gasteiger partial charge is 0.269 e. The maximum absolute atomic E-state index is 12.0. The van der Waals surface area contributed by atoms with Crippen LogP contribution in [0.25, 0.3) is 22.8 Å². The zero-order chi connectivity index (χ0) is 18.5. The molecule has 2 N–H and O–H groups in total. The highest BCUT2D eigenvalue weighted by Gasteiger charge is 2.23. The van der Waals surface area contributed by atoms with Gasteiger partial charge in [0.1, 0.15) is 17.1 Å². The minimum atomic E-state index is -0.124. The minimum Gasteiger partial charge on any atom is -0.507 e. The van der Waals surface area contributed by atoms with Gasteiger partial charge in [-0.3, -0.25) is 9.48 Å². The number of carbonyl (C=O) groups excluding carboxylic acids is 1. The minimum absolute atomic E-state index is 0.124. The maximum Gasteiger partial charge on any atom is 0.269 e. The highest BCUT2D eigenvalue weighted by Crippen LogP contribution is 2.39. The van der Waals surface area contributed by atoms with E-state index < -0.39 is 0 Å². The topological polar surface area (TPSA) is 92.9 Å². The average Bonchev–Trinajstić information content (AvgIpc) is 3.33. The Kier molecular flexibility index (Phi) is 3.50. The zero-order valence-corrected chi connectivity index (χ0v) is 15.0. The molecule has 1 amide bonds. The van der Waals surface area contributed by atoms with Crippen LogP contribution in [-0.2, 0) is 19.4 Å². The van der Waals surface area contributed by atoms with Crippen LogP contribution in [0.3, 0.4) is 0 Å². The zero-order valence-electron chi connectivity index (χ0n) is 15.0. The summed E-state index contributed by atoms with van der Waals surface area (Å²) in [5.74, 6) is 0.633. The Hall–Kier alpha value is -3.22. The summed E-state index contributed by atoms with van der Waals surface area (Å²) >= 11 is 0. The number of nitrogens with zero attached hydrogens (tertiary/aromatic N) is 4. The van der Waals surface area contributed by atoms with E-state index in [4.69, 9.17) is 0 Å². The van der Waals surface area contributed by atoms with E-state index in [-0.39, 0.29) is 11.7 Å². The quantitative estimate of drug-likeness (QED) is 0.730. The van der Waals surface area contributed by atoms with Crippen molar-refractivity contribution in [1.82, 2.24) is 25.1 Å². The first kappa shape index (κ1) is 16.0. The Morgan fingerprint density at radius 3 is 2.89 bits per heavy atom. The van der Waals surface area contributed by atoms with Crippen LogP contribution in [0.15, 0.2) is 24.4 Å². The van der Waals surface area contributed by atoms with E-state index in [0.717, 1.165) is 24.8 Å². The lowest BCUT2D eigenvalue weighted by molar-refractivity contribution is 0.0924. The van der Waals surface area contributed by atoms with Crippen LogP contribution in [0.1, 0.15) is 33.6 Å². The largest absolute Gasteiger partial charge is 0.507 e. The van der Waals surface area contributed by atoms with Crippen molar-refractivity contribution in [2.45, 2.75) is 32.7 Å². The molecule has 7 nitrogen and oxygen atoms in total. The number of carbonyl (C=O) groups is 1. The molecule has 0 bridgehead atoms. The van der Waals surface area contributed by atoms with Gasteiger partial charge in [-0.15, -0.1) is 0 Å². The number of phenols is 1. The van der Waals surface area contributed by atoms with Crippen molar-refractivity contribution >= 4 is 5.91 Å². The molecular formula is C20H19N5O2. The second kappa shape index (κ2) is 5.90. The van der Waals surface area contributed by atoms with Crippen molar-refractivity contribution in [1.29, 1.82) is 0 Å². The van der Waals surface area contributed by atoms with Gasteiger partial charge in [0.15, 0.2) is 5.82 Å². The van der Waals surface area contributed by atoms with Gasteiger partial charge in [0.2, 0.25) is 0 Å². The summed E-state index contributed by atoms with van der Waals surface area (Å²) < 4.78 is 1.70. The van der Waals surface area contributed by atoms with Crippen LogP contribution in [-0.4, -0.2) is 37.3 Å². The molecule has 0 saturated heterocycles. The van der Waals surface area contributed by atoms with Gasteiger partial charge < -0.3 is 10.4 Å². The molecule has 0 saturated carbocycles. The summed E-state index contributed by atoms with van der Waals surface area (Å²) in [7, 11) is 0. The second-order valence-electron chi connectivity index (χ2n) is 7.06. The molecule has 7 heteroatoms. The standard InChI is InChI=1S/C20H19N5O2/c1-11-9-14(18(26)13-4-2-3-12(11)13)19-21-6-5-15(23-19)16-10-17-20(27)22-7-8-25(17)24-16/h5-6,9-10,26H,2-4,7-8H2,1H3,(H,22,27). The monoisotopic (exact) mass is 361 g/mol. The molecule has 136 valence electrons. The molecule has 27 heavy (non-hydrogen) atoms. The molecule has 1 aromatic carbocycles. The number of aryl methyl sites for hydroxylation is 1. The molecule has 1 aliphatic carbocycles. The summed E-state index contributed by atoms with van der Waals surface area (Å²) in [6, 6.07) is 5.48. The number of aromatic nitrogens is 4. The fourth-order valence-electron chi connectivity index (χ4n) is 4.04. The number of benzene rings is 1. The number of aromatic hydroxyl groups is 1. The molecule has 5 rings (SSSR count). The molecule has 0 unspecified atom stereocenters. The highest BCUT2D eigenvalue weighted by atomic mass is 16.3. The predicted octanol–water partition coefficient (Wildman–Crippen LogP) is 2.25. The summed E-state index contributed by atoms with van der Waals surface area (Å²) in [5, 5.41) is 18.1. The van der Waals surface area contributed by atoms with E-state index in [9.17, 15) is 9.90 Å². The average molecular weight is 361 g/mol. The van der Waals surface area contributed by atoms with E-state index in [1.165, 1.54) is 11.1 Å². The van der Waals surface area contributed by atoms with Gasteiger partial charge in [-0.25, -0.2) is 9.97 Å². The molecule has 2 aromatic heterocycles. The number of fused-ring (bicyclic) bond motifs is 2. The third-order valence-corrected chi connectivity index (χ3v) is 5.38. The van der Waals surface area contributed by atoms with Crippen LogP contribution < -0.4 is 5.32 Å². The van der Waals surface area contributed by atoms with Crippen molar-refractivity contribution in [2.24, 2.45) is 0 Å². The normalized spacial score (nSPS) is 15.4. The molecule has 0 spiro atoms. The van der Waals surface area contributed by atoms with Crippen molar-refractivity contribution < 1.29 is 9.90 Å². The highest BCUT2D eigenvalue weighted by molar-refractivity contribution is 5.94. The summed E-state index contributed by atoms with van der Waals surface area (Å²) in [6.07, 6.45) is 4.63. The maximum atomic E-state index is 12.0. The predicted molar refractivity (Wildman–Crippen MR) is 99.4 cm³/mol. The number of nitrogens with one attached hydrogen (secondary N) is 1. The van der Waals surface area contributed by atoms with E-state index in [1.54, 1.807) is 23.0 Å². The number of rotatable bonds is 2. The Bertz CT molecular complexity index is 1090. The van der Waals surface area contributed by atoms with Gasteiger partial charge in [-0.2, -0.15) is 5.10 Å². The second-order valence-corrected chi connectivity index (χ2v) is 7.06. The lowest BCUT2D eigenvalue weighted by Gasteiger charge is -2.13. The fourth-order valence-corrected chi connectivity index (χ4v) is 4.04. The van der Waals surface area contributed by atoms with Crippen molar-refractivity contribution in [3.8, 4) is 28.5 Å². The van der Waals surface area contributed by atoms with Gasteiger partial charge in [-0.05, 0) is 61.1 Å². The number of phenolic OH excluding ortho intramolecular Hbond substituents is 1. The first-order chi connectivity index (χ1) is 13.1. The SMILES string of the molecule is Cc1cc(-c2nccc(-c3cc4n(n3)CCNC4=O)n2)c(O)c2c1CCC2. The van der Waals surface area contributed by atoms with Crippen molar-refractivity contribution in [3.05, 3.63) is 46.8 Å². The van der Waals surface area contributed by atoms with Crippen LogP contribution in [0.2, 0.25) is 0 Å². The fraction of sp³-hybridized carbons (Fsp3) is 0.300. The Morgan fingerprint density at radius 2 is 2.04 bits per heavy atom. The lowest BCUT2D eigenvalue weighted by atomic mass is 9.98. The molecule has 0 atom stereocenters. The molecule has 1 aliphatic heterocycles. The molecule has 0 fully saturated rings. The van der Waals surface area contributed by atoms with Gasteiger partial charge in [-0.1, -0.05) is 0 Å². The molecule has 3 heterocycles. The van der Waals surface area contributed by atoms with Crippen molar-refractivity contribution in [3.63, 3.8) is 0 Å². The van der Waals surface area contributed by atoms with E-state index in [0.29, 0.717) is 41.6 Å². The number of hydrogen-bond donors (Lipinski definition) is 2. The van der Waals surface area contributed by atoms with Gasteiger partial charge in [0.25, 0.3) is 5.91 Å².